The van der Waals surface area contributed by atoms with Crippen LogP contribution < -0.4 is 10.9 Å². The molecule has 0 radical (unpaired) electrons. The van der Waals surface area contributed by atoms with E-state index >= 15 is 0 Å². The summed E-state index contributed by atoms with van der Waals surface area (Å²) in [6, 6.07) is 14.2. The second-order valence-corrected chi connectivity index (χ2v) is 9.03. The fourth-order valence-electron chi connectivity index (χ4n) is 4.74. The molecule has 1 amide bonds. The van der Waals surface area contributed by atoms with Gasteiger partial charge in [0.25, 0.3) is 0 Å². The lowest BCUT2D eigenvalue weighted by Gasteiger charge is -2.34. The highest BCUT2D eigenvalue weighted by molar-refractivity contribution is 5.96. The molecular formula is C28H32N2O6. The lowest BCUT2D eigenvalue weighted by molar-refractivity contribution is -0.151. The van der Waals surface area contributed by atoms with Gasteiger partial charge in [-0.1, -0.05) is 24.3 Å². The van der Waals surface area contributed by atoms with Gasteiger partial charge < -0.3 is 24.1 Å². The lowest BCUT2D eigenvalue weighted by atomic mass is 9.97. The Balaban J connectivity index is 1.58. The maximum absolute atomic E-state index is 13.4. The van der Waals surface area contributed by atoms with Crippen LogP contribution >= 0.6 is 0 Å². The molecule has 1 aliphatic heterocycles. The molecule has 36 heavy (non-hydrogen) atoms. The molecule has 3 aromatic rings. The van der Waals surface area contributed by atoms with E-state index in [9.17, 15) is 14.4 Å². The number of benzene rings is 2. The van der Waals surface area contributed by atoms with Crippen molar-refractivity contribution in [1.29, 1.82) is 0 Å². The second-order valence-electron chi connectivity index (χ2n) is 9.03. The zero-order valence-corrected chi connectivity index (χ0v) is 20.9. The molecule has 1 aliphatic rings. The molecule has 2 atom stereocenters. The Labute approximate surface area is 210 Å². The van der Waals surface area contributed by atoms with Gasteiger partial charge >= 0.3 is 11.6 Å². The Hall–Kier alpha value is -3.65. The number of nitrogens with zero attached hydrogens (tertiary/aromatic N) is 1. The molecule has 1 saturated heterocycles. The van der Waals surface area contributed by atoms with E-state index in [0.29, 0.717) is 37.4 Å². The van der Waals surface area contributed by atoms with Crippen LogP contribution in [0.1, 0.15) is 25.3 Å². The first kappa shape index (κ1) is 25.4. The number of carbonyl (C=O) groups is 2. The van der Waals surface area contributed by atoms with Crippen molar-refractivity contribution < 1.29 is 23.5 Å². The molecule has 1 fully saturated rings. The molecule has 1 aromatic heterocycles. The third-order valence-electron chi connectivity index (χ3n) is 6.51. The Morgan fingerprint density at radius 3 is 2.72 bits per heavy atom. The van der Waals surface area contributed by atoms with Gasteiger partial charge in [0.1, 0.15) is 11.6 Å². The van der Waals surface area contributed by atoms with Gasteiger partial charge in [0.15, 0.2) is 0 Å². The van der Waals surface area contributed by atoms with Crippen LogP contribution in [0.25, 0.3) is 22.1 Å². The first-order valence-electron chi connectivity index (χ1n) is 12.3. The first-order chi connectivity index (χ1) is 17.4. The average Bonchev–Trinajstić information content (AvgIpc) is 2.88. The highest BCUT2D eigenvalue weighted by Gasteiger charge is 2.32. The molecule has 8 nitrogen and oxygen atoms in total. The number of rotatable bonds is 8. The standard InChI is InChI=1S/C28H32N2O6/c1-4-35-28(33)19-9-7-13-30(16-19)27(32)24(17-34-3)29-20-11-12-22-23(15-26(31)36-25(22)14-20)21-10-6-5-8-18(21)2/h5-6,8,10-12,14-15,19,24,29H,4,7,9,13,16-17H2,1-3H3/t19-,24?/m0/s1. The summed E-state index contributed by atoms with van der Waals surface area (Å²) in [5.74, 6) is -0.734. The fourth-order valence-corrected chi connectivity index (χ4v) is 4.74. The van der Waals surface area contributed by atoms with Crippen LogP contribution in [-0.2, 0) is 19.1 Å². The number of nitrogens with one attached hydrogen (secondary N) is 1. The van der Waals surface area contributed by atoms with E-state index in [-0.39, 0.29) is 24.4 Å². The monoisotopic (exact) mass is 492 g/mol. The summed E-state index contributed by atoms with van der Waals surface area (Å²) in [6.45, 7) is 5.14. The van der Waals surface area contributed by atoms with Crippen LogP contribution in [0.5, 0.6) is 0 Å². The van der Waals surface area contributed by atoms with Gasteiger partial charge in [-0.2, -0.15) is 0 Å². The number of carbonyl (C=O) groups excluding carboxylic acids is 2. The molecule has 0 bridgehead atoms. The molecule has 4 rings (SSSR count). The molecule has 2 heterocycles. The van der Waals surface area contributed by atoms with Crippen LogP contribution in [0.4, 0.5) is 5.69 Å². The van der Waals surface area contributed by atoms with E-state index in [1.165, 1.54) is 13.2 Å². The van der Waals surface area contributed by atoms with Crippen molar-refractivity contribution >= 4 is 28.5 Å². The molecule has 2 aromatic carbocycles. The number of piperidine rings is 1. The average molecular weight is 493 g/mol. The van der Waals surface area contributed by atoms with Crippen LogP contribution in [0.2, 0.25) is 0 Å². The van der Waals surface area contributed by atoms with Crippen molar-refractivity contribution in [3.63, 3.8) is 0 Å². The highest BCUT2D eigenvalue weighted by atomic mass is 16.5. The Kier molecular flexibility index (Phi) is 8.05. The van der Waals surface area contributed by atoms with E-state index in [0.717, 1.165) is 28.5 Å². The predicted molar refractivity (Wildman–Crippen MR) is 138 cm³/mol. The van der Waals surface area contributed by atoms with Gasteiger partial charge in [0.2, 0.25) is 5.91 Å². The highest BCUT2D eigenvalue weighted by Crippen LogP contribution is 2.31. The van der Waals surface area contributed by atoms with Gasteiger partial charge in [-0.3, -0.25) is 9.59 Å². The normalized spacial score (nSPS) is 16.5. The van der Waals surface area contributed by atoms with Gasteiger partial charge in [-0.15, -0.1) is 0 Å². The van der Waals surface area contributed by atoms with Crippen molar-refractivity contribution in [2.24, 2.45) is 5.92 Å². The number of amides is 1. The summed E-state index contributed by atoms with van der Waals surface area (Å²) >= 11 is 0. The maximum Gasteiger partial charge on any atom is 0.336 e. The lowest BCUT2D eigenvalue weighted by Crippen LogP contribution is -2.50. The van der Waals surface area contributed by atoms with Gasteiger partial charge in [0, 0.05) is 49.0 Å². The molecule has 0 aliphatic carbocycles. The number of aryl methyl sites for hydroxylation is 1. The largest absolute Gasteiger partial charge is 0.466 e. The Morgan fingerprint density at radius 2 is 1.97 bits per heavy atom. The molecule has 1 N–H and O–H groups in total. The summed E-state index contributed by atoms with van der Waals surface area (Å²) < 4.78 is 16.0. The minimum atomic E-state index is -0.667. The SMILES string of the molecule is CCOC(=O)[C@H]1CCCN(C(=O)C(COC)Nc2ccc3c(-c4ccccc4C)cc(=O)oc3c2)C1. The molecule has 190 valence electrons. The quantitative estimate of drug-likeness (QED) is 0.375. The minimum Gasteiger partial charge on any atom is -0.466 e. The third kappa shape index (κ3) is 5.60. The van der Waals surface area contributed by atoms with Gasteiger partial charge in [0.05, 0.1) is 19.1 Å². The molecular weight excluding hydrogens is 460 g/mol. The Morgan fingerprint density at radius 1 is 1.17 bits per heavy atom. The zero-order chi connectivity index (χ0) is 25.7. The van der Waals surface area contributed by atoms with E-state index in [1.54, 1.807) is 17.9 Å². The molecule has 8 heteroatoms. The summed E-state index contributed by atoms with van der Waals surface area (Å²) in [7, 11) is 1.54. The summed E-state index contributed by atoms with van der Waals surface area (Å²) in [6.07, 6.45) is 1.44. The van der Waals surface area contributed by atoms with E-state index in [2.05, 4.69) is 5.32 Å². The molecule has 1 unspecified atom stereocenters. The predicted octanol–water partition coefficient (Wildman–Crippen LogP) is 4.00. The van der Waals surface area contributed by atoms with Crippen LogP contribution in [-0.4, -0.2) is 56.2 Å². The van der Waals surface area contributed by atoms with E-state index in [4.69, 9.17) is 13.9 Å². The third-order valence-corrected chi connectivity index (χ3v) is 6.51. The summed E-state index contributed by atoms with van der Waals surface area (Å²) in [5.41, 5.74) is 3.43. The number of ether oxygens (including phenoxy) is 2. The fraction of sp³-hybridized carbons (Fsp3) is 0.393. The Bertz CT molecular complexity index is 1300. The smallest absolute Gasteiger partial charge is 0.336 e. The van der Waals surface area contributed by atoms with E-state index in [1.807, 2.05) is 43.3 Å². The molecule has 0 spiro atoms. The number of hydrogen-bond donors (Lipinski definition) is 1. The van der Waals surface area contributed by atoms with Crippen molar-refractivity contribution in [2.75, 3.05) is 38.7 Å². The van der Waals surface area contributed by atoms with Gasteiger partial charge in [-0.05, 0) is 49.9 Å². The number of hydrogen-bond acceptors (Lipinski definition) is 7. The number of likely N-dealkylation sites (tertiary alicyclic amines) is 1. The first-order valence-corrected chi connectivity index (χ1v) is 12.3. The maximum atomic E-state index is 13.4. The number of anilines is 1. The zero-order valence-electron chi connectivity index (χ0n) is 20.9. The van der Waals surface area contributed by atoms with Crippen LogP contribution in [0, 0.1) is 12.8 Å². The summed E-state index contributed by atoms with van der Waals surface area (Å²) in [4.78, 5) is 39.7. The number of esters is 1. The van der Waals surface area contributed by atoms with E-state index < -0.39 is 11.7 Å². The van der Waals surface area contributed by atoms with Crippen molar-refractivity contribution in [3.05, 3.63) is 64.5 Å². The van der Waals surface area contributed by atoms with Crippen molar-refractivity contribution in [1.82, 2.24) is 4.90 Å². The van der Waals surface area contributed by atoms with Gasteiger partial charge in [-0.25, -0.2) is 4.79 Å². The second kappa shape index (κ2) is 11.4. The summed E-state index contributed by atoms with van der Waals surface area (Å²) in [5, 5.41) is 4.04. The molecule has 0 saturated carbocycles. The van der Waals surface area contributed by atoms with Crippen LogP contribution in [0.15, 0.2) is 57.7 Å². The topological polar surface area (TPSA) is 98.1 Å². The number of fused-ring (bicyclic) bond motifs is 1. The number of methoxy groups -OCH3 is 1. The van der Waals surface area contributed by atoms with Crippen molar-refractivity contribution in [2.45, 2.75) is 32.7 Å². The van der Waals surface area contributed by atoms with Crippen LogP contribution in [0.3, 0.4) is 0 Å². The van der Waals surface area contributed by atoms with Crippen molar-refractivity contribution in [3.8, 4) is 11.1 Å². The minimum absolute atomic E-state index is 0.143.